The van der Waals surface area contributed by atoms with Crippen LogP contribution in [0.25, 0.3) is 5.76 Å². The van der Waals surface area contributed by atoms with E-state index >= 15 is 0 Å². The lowest BCUT2D eigenvalue weighted by Crippen LogP contribution is -2.31. The van der Waals surface area contributed by atoms with Crippen LogP contribution in [0.15, 0.2) is 42.0 Å². The maximum absolute atomic E-state index is 13.1. The van der Waals surface area contributed by atoms with Crippen LogP contribution >= 0.6 is 0 Å². The topological polar surface area (TPSA) is 85.3 Å². The van der Waals surface area contributed by atoms with Gasteiger partial charge in [-0.1, -0.05) is 18.2 Å². The zero-order chi connectivity index (χ0) is 23.4. The van der Waals surface area contributed by atoms with Crippen molar-refractivity contribution >= 4 is 17.4 Å². The van der Waals surface area contributed by atoms with Gasteiger partial charge in [-0.25, -0.2) is 0 Å². The van der Waals surface area contributed by atoms with Gasteiger partial charge >= 0.3 is 0 Å². The summed E-state index contributed by atoms with van der Waals surface area (Å²) in [6, 6.07) is 9.91. The highest BCUT2D eigenvalue weighted by atomic mass is 16.5. The number of hydrogen-bond donors (Lipinski definition) is 1. The molecule has 1 N–H and O–H groups in total. The number of benzene rings is 2. The van der Waals surface area contributed by atoms with Crippen LogP contribution < -0.4 is 9.47 Å². The van der Waals surface area contributed by atoms with E-state index < -0.39 is 17.7 Å². The molecule has 1 atom stereocenters. The van der Waals surface area contributed by atoms with Gasteiger partial charge in [0.1, 0.15) is 5.76 Å². The van der Waals surface area contributed by atoms with Crippen LogP contribution in [0, 0.1) is 13.8 Å². The van der Waals surface area contributed by atoms with Crippen LogP contribution in [0.3, 0.4) is 0 Å². The number of carbonyl (C=O) groups is 2. The number of rotatable bonds is 8. The minimum atomic E-state index is -0.756. The van der Waals surface area contributed by atoms with Crippen LogP contribution in [0.1, 0.15) is 34.7 Å². The lowest BCUT2D eigenvalue weighted by Gasteiger charge is -2.26. The number of ether oxygens (including phenoxy) is 3. The molecule has 0 saturated carbocycles. The van der Waals surface area contributed by atoms with Crippen molar-refractivity contribution in [1.29, 1.82) is 0 Å². The smallest absolute Gasteiger partial charge is 0.295 e. The molecule has 7 heteroatoms. The predicted octanol–water partition coefficient (Wildman–Crippen LogP) is 3.78. The van der Waals surface area contributed by atoms with Gasteiger partial charge in [-0.15, -0.1) is 0 Å². The second kappa shape index (κ2) is 9.87. The summed E-state index contributed by atoms with van der Waals surface area (Å²) in [5, 5.41) is 11.2. The van der Waals surface area contributed by atoms with Gasteiger partial charge in [0.25, 0.3) is 11.7 Å². The first-order chi connectivity index (χ1) is 15.3. The minimum Gasteiger partial charge on any atom is -0.507 e. The molecule has 1 unspecified atom stereocenters. The summed E-state index contributed by atoms with van der Waals surface area (Å²) >= 11 is 0. The summed E-state index contributed by atoms with van der Waals surface area (Å²) in [7, 11) is 4.64. The Morgan fingerprint density at radius 3 is 2.31 bits per heavy atom. The molecule has 170 valence electrons. The van der Waals surface area contributed by atoms with E-state index in [-0.39, 0.29) is 11.3 Å². The molecule has 0 aromatic heterocycles. The Balaban J connectivity index is 2.18. The van der Waals surface area contributed by atoms with Gasteiger partial charge in [0.15, 0.2) is 11.5 Å². The SMILES string of the molecule is COCCCN1C(=O)C(=O)/C(=C(\O)c2ccc(C)c(C)c2)C1c1ccc(OC)c(OC)c1. The van der Waals surface area contributed by atoms with E-state index in [1.165, 1.54) is 19.1 Å². The Kier molecular flexibility index (Phi) is 7.20. The molecule has 0 bridgehead atoms. The fraction of sp³-hybridized carbons (Fsp3) is 0.360. The summed E-state index contributed by atoms with van der Waals surface area (Å²) in [5.41, 5.74) is 3.24. The number of likely N-dealkylation sites (tertiary alicyclic amines) is 1. The number of aliphatic hydroxyl groups is 1. The fourth-order valence-electron chi connectivity index (χ4n) is 3.90. The zero-order valence-electron chi connectivity index (χ0n) is 19.1. The molecule has 1 fully saturated rings. The molecule has 2 aromatic rings. The first-order valence-corrected chi connectivity index (χ1v) is 10.4. The Morgan fingerprint density at radius 2 is 1.69 bits per heavy atom. The largest absolute Gasteiger partial charge is 0.507 e. The van der Waals surface area contributed by atoms with E-state index in [1.807, 2.05) is 26.0 Å². The quantitative estimate of drug-likeness (QED) is 0.292. The van der Waals surface area contributed by atoms with E-state index in [2.05, 4.69) is 0 Å². The number of Topliss-reactive ketones (excluding diaryl/α,β-unsaturated/α-hetero) is 1. The van der Waals surface area contributed by atoms with Crippen molar-refractivity contribution in [3.05, 3.63) is 64.2 Å². The number of aliphatic hydroxyl groups excluding tert-OH is 1. The third-order valence-electron chi connectivity index (χ3n) is 5.79. The molecule has 0 aliphatic carbocycles. The summed E-state index contributed by atoms with van der Waals surface area (Å²) in [4.78, 5) is 27.5. The lowest BCUT2D eigenvalue weighted by molar-refractivity contribution is -0.140. The number of aryl methyl sites for hydroxylation is 2. The molecule has 1 aliphatic rings. The van der Waals surface area contributed by atoms with Gasteiger partial charge < -0.3 is 24.2 Å². The predicted molar refractivity (Wildman–Crippen MR) is 121 cm³/mol. The fourth-order valence-corrected chi connectivity index (χ4v) is 3.90. The standard InChI is InChI=1S/C25H29NO6/c1-15-7-8-18(13-16(15)2)23(27)21-22(17-9-10-19(31-4)20(14-17)32-5)26(11-6-12-30-3)25(29)24(21)28/h7-10,13-14,22,27H,6,11-12H2,1-5H3/b23-21-. The molecule has 7 nitrogen and oxygen atoms in total. The first-order valence-electron chi connectivity index (χ1n) is 10.4. The maximum Gasteiger partial charge on any atom is 0.295 e. The Morgan fingerprint density at radius 1 is 0.969 bits per heavy atom. The van der Waals surface area contributed by atoms with Gasteiger partial charge in [0, 0.05) is 25.8 Å². The van der Waals surface area contributed by atoms with Crippen molar-refractivity contribution in [1.82, 2.24) is 4.90 Å². The van der Waals surface area contributed by atoms with Crippen molar-refractivity contribution < 1.29 is 28.9 Å². The maximum atomic E-state index is 13.1. The van der Waals surface area contributed by atoms with Gasteiger partial charge in [0.05, 0.1) is 25.8 Å². The minimum absolute atomic E-state index is 0.0582. The molecular weight excluding hydrogens is 410 g/mol. The van der Waals surface area contributed by atoms with Crippen molar-refractivity contribution in [2.45, 2.75) is 26.3 Å². The third kappa shape index (κ3) is 4.34. The molecule has 2 aromatic carbocycles. The van der Waals surface area contributed by atoms with E-state index in [1.54, 1.807) is 31.4 Å². The number of ketones is 1. The molecule has 0 radical (unpaired) electrons. The average Bonchev–Trinajstić information content (AvgIpc) is 3.05. The van der Waals surface area contributed by atoms with Gasteiger partial charge in [-0.2, -0.15) is 0 Å². The van der Waals surface area contributed by atoms with Crippen LogP contribution in [0.5, 0.6) is 11.5 Å². The molecule has 1 aliphatic heterocycles. The normalized spacial score (nSPS) is 17.7. The van der Waals surface area contributed by atoms with Crippen molar-refractivity contribution in [3.8, 4) is 11.5 Å². The van der Waals surface area contributed by atoms with Crippen LogP contribution in [0.2, 0.25) is 0 Å². The van der Waals surface area contributed by atoms with Crippen LogP contribution in [-0.4, -0.2) is 56.2 Å². The molecule has 32 heavy (non-hydrogen) atoms. The average molecular weight is 440 g/mol. The van der Waals surface area contributed by atoms with Crippen molar-refractivity contribution in [2.75, 3.05) is 34.5 Å². The Bertz CT molecular complexity index is 1060. The van der Waals surface area contributed by atoms with E-state index in [0.717, 1.165) is 11.1 Å². The zero-order valence-corrected chi connectivity index (χ0v) is 19.1. The first kappa shape index (κ1) is 23.3. The Labute approximate surface area is 188 Å². The van der Waals surface area contributed by atoms with Crippen LogP contribution in [0.4, 0.5) is 0 Å². The van der Waals surface area contributed by atoms with Gasteiger partial charge in [-0.05, 0) is 55.2 Å². The number of hydrogen-bond acceptors (Lipinski definition) is 6. The number of amides is 1. The van der Waals surface area contributed by atoms with Gasteiger partial charge in [0.2, 0.25) is 0 Å². The number of methoxy groups -OCH3 is 3. The molecule has 1 saturated heterocycles. The molecule has 3 rings (SSSR count). The van der Waals surface area contributed by atoms with E-state index in [9.17, 15) is 14.7 Å². The monoisotopic (exact) mass is 439 g/mol. The summed E-state index contributed by atoms with van der Waals surface area (Å²) in [5.74, 6) is -0.551. The van der Waals surface area contributed by atoms with Crippen molar-refractivity contribution in [2.24, 2.45) is 0 Å². The summed E-state index contributed by atoms with van der Waals surface area (Å²) in [6.45, 7) is 4.65. The van der Waals surface area contributed by atoms with E-state index in [4.69, 9.17) is 14.2 Å². The van der Waals surface area contributed by atoms with E-state index in [0.29, 0.717) is 42.2 Å². The molecule has 1 amide bonds. The highest BCUT2D eigenvalue weighted by molar-refractivity contribution is 6.46. The van der Waals surface area contributed by atoms with Gasteiger partial charge in [-0.3, -0.25) is 9.59 Å². The summed E-state index contributed by atoms with van der Waals surface area (Å²) in [6.07, 6.45) is 0.553. The lowest BCUT2D eigenvalue weighted by atomic mass is 9.94. The summed E-state index contributed by atoms with van der Waals surface area (Å²) < 4.78 is 15.9. The number of carbonyl (C=O) groups excluding carboxylic acids is 2. The molecule has 1 heterocycles. The van der Waals surface area contributed by atoms with Crippen LogP contribution in [-0.2, 0) is 14.3 Å². The second-order valence-corrected chi connectivity index (χ2v) is 7.75. The third-order valence-corrected chi connectivity index (χ3v) is 5.79. The van der Waals surface area contributed by atoms with Crippen molar-refractivity contribution in [3.63, 3.8) is 0 Å². The highest BCUT2D eigenvalue weighted by Crippen LogP contribution is 2.42. The Hall–Kier alpha value is -3.32. The number of nitrogens with zero attached hydrogens (tertiary/aromatic N) is 1. The highest BCUT2D eigenvalue weighted by Gasteiger charge is 2.46. The molecule has 0 spiro atoms. The second-order valence-electron chi connectivity index (χ2n) is 7.75. The molecular formula is C25H29NO6.